The summed E-state index contributed by atoms with van der Waals surface area (Å²) in [7, 11) is 0. The van der Waals surface area contributed by atoms with Crippen LogP contribution in [-0.4, -0.2) is 36.1 Å². The van der Waals surface area contributed by atoms with Crippen LogP contribution in [0.25, 0.3) is 0 Å². The van der Waals surface area contributed by atoms with Gasteiger partial charge in [0, 0.05) is 32.7 Å². The van der Waals surface area contributed by atoms with E-state index >= 15 is 0 Å². The molecule has 0 amide bonds. The molecule has 0 aliphatic carbocycles. The zero-order chi connectivity index (χ0) is 18.3. The maximum absolute atomic E-state index is 13.2. The first kappa shape index (κ1) is 17.3. The number of alkyl halides is 3. The number of anilines is 1. The molecule has 1 aromatic heterocycles. The van der Waals surface area contributed by atoms with E-state index in [1.807, 2.05) is 0 Å². The third-order valence-electron chi connectivity index (χ3n) is 5.31. The Labute approximate surface area is 149 Å². The first-order valence-electron chi connectivity index (χ1n) is 8.64. The van der Waals surface area contributed by atoms with Gasteiger partial charge in [-0.2, -0.15) is 13.2 Å². The molecule has 2 aromatic rings. The molecule has 3 heterocycles. The lowest BCUT2D eigenvalue weighted by atomic mass is 10.0. The zero-order valence-electron chi connectivity index (χ0n) is 14.1. The molecule has 2 saturated heterocycles. The number of rotatable bonds is 3. The van der Waals surface area contributed by atoms with Crippen molar-refractivity contribution in [2.75, 3.05) is 31.1 Å². The van der Waals surface area contributed by atoms with Gasteiger partial charge in [0.25, 0.3) is 0 Å². The molecular weight excluding hydrogens is 346 g/mol. The average molecular weight is 365 g/mol. The molecule has 2 fully saturated rings. The van der Waals surface area contributed by atoms with Crippen LogP contribution < -0.4 is 4.90 Å². The Morgan fingerprint density at radius 2 is 1.65 bits per heavy atom. The summed E-state index contributed by atoms with van der Waals surface area (Å²) in [6.45, 7) is 3.47. The van der Waals surface area contributed by atoms with E-state index in [0.717, 1.165) is 38.1 Å². The van der Waals surface area contributed by atoms with Crippen LogP contribution in [0.2, 0.25) is 0 Å². The first-order valence-corrected chi connectivity index (χ1v) is 8.64. The zero-order valence-corrected chi connectivity index (χ0v) is 14.1. The number of nitrogens with zero attached hydrogens (tertiary/aromatic N) is 3. The molecule has 2 aliphatic rings. The van der Waals surface area contributed by atoms with Crippen molar-refractivity contribution in [2.24, 2.45) is 11.8 Å². The van der Waals surface area contributed by atoms with Crippen LogP contribution in [0.15, 0.2) is 42.6 Å². The molecule has 2 aliphatic heterocycles. The van der Waals surface area contributed by atoms with Crippen LogP contribution in [0.5, 0.6) is 0 Å². The van der Waals surface area contributed by atoms with Crippen molar-refractivity contribution in [1.82, 2.24) is 9.88 Å². The number of hydrogen-bond acceptors (Lipinski definition) is 3. The second-order valence-electron chi connectivity index (χ2n) is 7.11. The molecule has 0 saturated carbocycles. The second-order valence-corrected chi connectivity index (χ2v) is 7.11. The van der Waals surface area contributed by atoms with E-state index in [1.54, 1.807) is 18.2 Å². The fourth-order valence-electron chi connectivity index (χ4n) is 4.14. The Kier molecular flexibility index (Phi) is 4.34. The van der Waals surface area contributed by atoms with Gasteiger partial charge in [-0.3, -0.25) is 4.90 Å². The number of benzene rings is 1. The van der Waals surface area contributed by atoms with Gasteiger partial charge in [-0.15, -0.1) is 0 Å². The van der Waals surface area contributed by atoms with Crippen molar-refractivity contribution >= 4 is 5.82 Å². The summed E-state index contributed by atoms with van der Waals surface area (Å²) >= 11 is 0. The Morgan fingerprint density at radius 1 is 0.962 bits per heavy atom. The van der Waals surface area contributed by atoms with E-state index in [-0.39, 0.29) is 5.82 Å². The van der Waals surface area contributed by atoms with Gasteiger partial charge in [0.1, 0.15) is 11.6 Å². The molecule has 7 heteroatoms. The highest BCUT2D eigenvalue weighted by Gasteiger charge is 2.41. The monoisotopic (exact) mass is 365 g/mol. The summed E-state index contributed by atoms with van der Waals surface area (Å²) in [4.78, 5) is 8.37. The lowest BCUT2D eigenvalue weighted by molar-refractivity contribution is -0.138. The molecule has 26 heavy (non-hydrogen) atoms. The van der Waals surface area contributed by atoms with Crippen molar-refractivity contribution in [3.63, 3.8) is 0 Å². The second kappa shape index (κ2) is 6.54. The standard InChI is InChI=1S/C19H19F4N3/c20-16-5-6-18(24-7-16)26-11-14-9-25(10-15(14)12-26)8-13-3-1-2-4-17(13)19(21,22)23/h1-7,14-15H,8-12H2. The molecule has 2 unspecified atom stereocenters. The van der Waals surface area contributed by atoms with Crippen molar-refractivity contribution < 1.29 is 17.6 Å². The lowest BCUT2D eigenvalue weighted by Crippen LogP contribution is -2.29. The minimum Gasteiger partial charge on any atom is -0.356 e. The van der Waals surface area contributed by atoms with Crippen molar-refractivity contribution in [3.8, 4) is 0 Å². The molecule has 1 aromatic carbocycles. The van der Waals surface area contributed by atoms with E-state index in [0.29, 0.717) is 23.9 Å². The fourth-order valence-corrected chi connectivity index (χ4v) is 4.14. The van der Waals surface area contributed by atoms with Gasteiger partial charge in [-0.25, -0.2) is 9.37 Å². The Bertz CT molecular complexity index is 761. The van der Waals surface area contributed by atoms with Gasteiger partial charge in [-0.1, -0.05) is 18.2 Å². The number of halogens is 4. The van der Waals surface area contributed by atoms with E-state index < -0.39 is 11.7 Å². The normalized spacial score (nSPS) is 23.5. The van der Waals surface area contributed by atoms with Gasteiger partial charge < -0.3 is 4.90 Å². The molecule has 0 radical (unpaired) electrons. The summed E-state index contributed by atoms with van der Waals surface area (Å²) < 4.78 is 52.5. The Morgan fingerprint density at radius 3 is 2.27 bits per heavy atom. The molecule has 3 nitrogen and oxygen atoms in total. The number of aromatic nitrogens is 1. The van der Waals surface area contributed by atoms with Crippen LogP contribution in [-0.2, 0) is 12.7 Å². The third-order valence-corrected chi connectivity index (χ3v) is 5.31. The molecular formula is C19H19F4N3. The van der Waals surface area contributed by atoms with Crippen molar-refractivity contribution in [2.45, 2.75) is 12.7 Å². The van der Waals surface area contributed by atoms with E-state index in [2.05, 4.69) is 14.8 Å². The summed E-state index contributed by atoms with van der Waals surface area (Å²) in [5, 5.41) is 0. The van der Waals surface area contributed by atoms with Crippen molar-refractivity contribution in [3.05, 3.63) is 59.5 Å². The minimum absolute atomic E-state index is 0.317. The van der Waals surface area contributed by atoms with Crippen LogP contribution in [0.4, 0.5) is 23.4 Å². The van der Waals surface area contributed by atoms with Crippen LogP contribution >= 0.6 is 0 Å². The first-order chi connectivity index (χ1) is 12.4. The SMILES string of the molecule is Fc1ccc(N2CC3CN(Cc4ccccc4C(F)(F)F)CC3C2)nc1. The van der Waals surface area contributed by atoms with Crippen LogP contribution in [0.1, 0.15) is 11.1 Å². The maximum Gasteiger partial charge on any atom is 0.416 e. The number of pyridine rings is 1. The maximum atomic E-state index is 13.2. The van der Waals surface area contributed by atoms with Gasteiger partial charge in [0.15, 0.2) is 0 Å². The average Bonchev–Trinajstić information content (AvgIpc) is 3.13. The van der Waals surface area contributed by atoms with Gasteiger partial charge in [0.2, 0.25) is 0 Å². The highest BCUT2D eigenvalue weighted by molar-refractivity contribution is 5.40. The summed E-state index contributed by atoms with van der Waals surface area (Å²) in [5.74, 6) is 1.21. The fraction of sp³-hybridized carbons (Fsp3) is 0.421. The highest BCUT2D eigenvalue weighted by Crippen LogP contribution is 2.36. The molecule has 0 spiro atoms. The highest BCUT2D eigenvalue weighted by atomic mass is 19.4. The smallest absolute Gasteiger partial charge is 0.356 e. The van der Waals surface area contributed by atoms with E-state index in [4.69, 9.17) is 0 Å². The predicted octanol–water partition coefficient (Wildman–Crippen LogP) is 3.81. The van der Waals surface area contributed by atoms with Gasteiger partial charge in [0.05, 0.1) is 11.8 Å². The number of hydrogen-bond donors (Lipinski definition) is 0. The minimum atomic E-state index is -4.32. The Hall–Kier alpha value is -2.15. The predicted molar refractivity (Wildman–Crippen MR) is 90.1 cm³/mol. The summed E-state index contributed by atoms with van der Waals surface area (Å²) in [5.41, 5.74) is -0.216. The molecule has 0 bridgehead atoms. The Balaban J connectivity index is 1.41. The summed E-state index contributed by atoms with van der Waals surface area (Å²) in [6, 6.07) is 8.87. The largest absolute Gasteiger partial charge is 0.416 e. The van der Waals surface area contributed by atoms with Crippen LogP contribution in [0, 0.1) is 17.7 Å². The van der Waals surface area contributed by atoms with Gasteiger partial charge in [-0.05, 0) is 35.6 Å². The number of likely N-dealkylation sites (tertiary alicyclic amines) is 1. The van der Waals surface area contributed by atoms with Crippen molar-refractivity contribution in [1.29, 1.82) is 0 Å². The number of fused-ring (bicyclic) bond motifs is 1. The molecule has 2 atom stereocenters. The third kappa shape index (κ3) is 3.40. The molecule has 4 rings (SSSR count). The van der Waals surface area contributed by atoms with E-state index in [9.17, 15) is 17.6 Å². The van der Waals surface area contributed by atoms with E-state index in [1.165, 1.54) is 18.3 Å². The molecule has 138 valence electrons. The molecule has 0 N–H and O–H groups in total. The topological polar surface area (TPSA) is 19.4 Å². The lowest BCUT2D eigenvalue weighted by Gasteiger charge is -2.23. The quantitative estimate of drug-likeness (QED) is 0.771. The van der Waals surface area contributed by atoms with Crippen LogP contribution in [0.3, 0.4) is 0 Å². The van der Waals surface area contributed by atoms with Gasteiger partial charge >= 0.3 is 6.18 Å². The summed E-state index contributed by atoms with van der Waals surface area (Å²) in [6.07, 6.45) is -3.11.